The minimum atomic E-state index is 0.491. The highest BCUT2D eigenvalue weighted by molar-refractivity contribution is 5.46. The summed E-state index contributed by atoms with van der Waals surface area (Å²) in [5.74, 6) is 0.491. The summed E-state index contributed by atoms with van der Waals surface area (Å²) in [7, 11) is 0. The average Bonchev–Trinajstić information content (AvgIpc) is 2.29. The molecule has 0 aliphatic rings. The summed E-state index contributed by atoms with van der Waals surface area (Å²) >= 11 is 0. The Bertz CT molecular complexity index is 430. The topological polar surface area (TPSA) is 56.2 Å². The Labute approximate surface area is 70.1 Å². The summed E-state index contributed by atoms with van der Waals surface area (Å²) in [4.78, 5) is 8.39. The van der Waals surface area contributed by atoms with Gasteiger partial charge in [-0.1, -0.05) is 0 Å². The van der Waals surface area contributed by atoms with Crippen LogP contribution >= 0.6 is 0 Å². The maximum atomic E-state index is 5.68. The molecule has 0 unspecified atom stereocenters. The number of rotatable bonds is 0. The van der Waals surface area contributed by atoms with E-state index in [-0.39, 0.29) is 0 Å². The monoisotopic (exact) mass is 162 g/mol. The molecule has 0 radical (unpaired) electrons. The van der Waals surface area contributed by atoms with Gasteiger partial charge < -0.3 is 5.73 Å². The van der Waals surface area contributed by atoms with E-state index in [2.05, 4.69) is 9.97 Å². The third-order valence-corrected chi connectivity index (χ3v) is 1.73. The first-order chi connectivity index (χ1) is 5.66. The highest BCUT2D eigenvalue weighted by Crippen LogP contribution is 2.09. The van der Waals surface area contributed by atoms with Gasteiger partial charge >= 0.3 is 0 Å². The van der Waals surface area contributed by atoms with Crippen LogP contribution in [0.4, 0.5) is 5.95 Å². The lowest BCUT2D eigenvalue weighted by Crippen LogP contribution is -2.00. The molecule has 12 heavy (non-hydrogen) atoms. The summed E-state index contributed by atoms with van der Waals surface area (Å²) < 4.78 is 1.78. The van der Waals surface area contributed by atoms with Crippen molar-refractivity contribution in [3.63, 3.8) is 0 Å². The van der Waals surface area contributed by atoms with Gasteiger partial charge in [0.25, 0.3) is 0 Å². The van der Waals surface area contributed by atoms with Gasteiger partial charge in [0.2, 0.25) is 5.95 Å². The second-order valence-corrected chi connectivity index (χ2v) is 2.87. The van der Waals surface area contributed by atoms with Gasteiger partial charge in [0.1, 0.15) is 5.65 Å². The molecule has 2 heterocycles. The van der Waals surface area contributed by atoms with Gasteiger partial charge in [-0.05, 0) is 13.8 Å². The molecule has 0 saturated carbocycles. The summed E-state index contributed by atoms with van der Waals surface area (Å²) in [5, 5.41) is 0. The van der Waals surface area contributed by atoms with Crippen molar-refractivity contribution in [2.45, 2.75) is 13.8 Å². The Balaban J connectivity index is 2.88. The number of anilines is 1. The number of hydrogen-bond donors (Lipinski definition) is 1. The van der Waals surface area contributed by atoms with E-state index in [1.807, 2.05) is 26.1 Å². The molecule has 0 aromatic carbocycles. The Morgan fingerprint density at radius 3 is 2.75 bits per heavy atom. The maximum absolute atomic E-state index is 5.68. The summed E-state index contributed by atoms with van der Waals surface area (Å²) in [6.45, 7) is 3.84. The van der Waals surface area contributed by atoms with Crippen molar-refractivity contribution < 1.29 is 0 Å². The fourth-order valence-electron chi connectivity index (χ4n) is 1.26. The molecule has 4 heteroatoms. The van der Waals surface area contributed by atoms with Crippen LogP contribution in [-0.4, -0.2) is 14.4 Å². The normalized spacial score (nSPS) is 10.8. The Morgan fingerprint density at radius 1 is 1.25 bits per heavy atom. The lowest BCUT2D eigenvalue weighted by molar-refractivity contribution is 1.07. The second kappa shape index (κ2) is 2.20. The molecule has 0 fully saturated rings. The Morgan fingerprint density at radius 2 is 2.00 bits per heavy atom. The van der Waals surface area contributed by atoms with E-state index in [1.165, 1.54) is 0 Å². The van der Waals surface area contributed by atoms with E-state index in [4.69, 9.17) is 5.73 Å². The fraction of sp³-hybridized carbons (Fsp3) is 0.250. The molecular weight excluding hydrogens is 152 g/mol. The predicted octanol–water partition coefficient (Wildman–Crippen LogP) is 0.928. The molecule has 0 saturated heterocycles. The van der Waals surface area contributed by atoms with E-state index in [1.54, 1.807) is 4.40 Å². The maximum Gasteiger partial charge on any atom is 0.206 e. The van der Waals surface area contributed by atoms with Crippen molar-refractivity contribution in [3.8, 4) is 0 Å². The molecular formula is C8H10N4. The van der Waals surface area contributed by atoms with Crippen LogP contribution in [0.15, 0.2) is 12.3 Å². The third-order valence-electron chi connectivity index (χ3n) is 1.73. The van der Waals surface area contributed by atoms with Crippen LogP contribution in [0.3, 0.4) is 0 Å². The number of hydrogen-bond acceptors (Lipinski definition) is 3. The SMILES string of the molecule is Cc1cc2nc(C)cn2c(N)n1. The number of nitrogen functional groups attached to an aromatic ring is 1. The van der Waals surface area contributed by atoms with Crippen molar-refractivity contribution >= 4 is 11.6 Å². The number of aromatic nitrogens is 3. The number of aryl methyl sites for hydroxylation is 2. The molecule has 4 nitrogen and oxygen atoms in total. The van der Waals surface area contributed by atoms with Crippen molar-refractivity contribution in [1.29, 1.82) is 0 Å². The van der Waals surface area contributed by atoms with E-state index < -0.39 is 0 Å². The molecule has 0 amide bonds. The number of nitrogens with zero attached hydrogens (tertiary/aromatic N) is 3. The van der Waals surface area contributed by atoms with Gasteiger partial charge in [-0.2, -0.15) is 0 Å². The summed E-state index contributed by atoms with van der Waals surface area (Å²) in [5.41, 5.74) is 8.39. The molecule has 2 N–H and O–H groups in total. The number of fused-ring (bicyclic) bond motifs is 1. The van der Waals surface area contributed by atoms with Crippen molar-refractivity contribution in [2.75, 3.05) is 5.73 Å². The molecule has 0 spiro atoms. The smallest absolute Gasteiger partial charge is 0.206 e. The molecule has 0 atom stereocenters. The van der Waals surface area contributed by atoms with Gasteiger partial charge in [-0.25, -0.2) is 9.97 Å². The molecule has 2 aromatic rings. The summed E-state index contributed by atoms with van der Waals surface area (Å²) in [6.07, 6.45) is 1.87. The number of nitrogens with two attached hydrogens (primary N) is 1. The van der Waals surface area contributed by atoms with Crippen LogP contribution in [0.25, 0.3) is 5.65 Å². The van der Waals surface area contributed by atoms with Crippen LogP contribution < -0.4 is 5.73 Å². The molecule has 0 aliphatic carbocycles. The first kappa shape index (κ1) is 7.09. The van der Waals surface area contributed by atoms with Crippen LogP contribution in [0.5, 0.6) is 0 Å². The van der Waals surface area contributed by atoms with Gasteiger partial charge in [-0.15, -0.1) is 0 Å². The van der Waals surface area contributed by atoms with E-state index in [9.17, 15) is 0 Å². The van der Waals surface area contributed by atoms with Gasteiger partial charge in [0.15, 0.2) is 0 Å². The zero-order valence-corrected chi connectivity index (χ0v) is 7.07. The second-order valence-electron chi connectivity index (χ2n) is 2.87. The van der Waals surface area contributed by atoms with Crippen LogP contribution in [0.2, 0.25) is 0 Å². The van der Waals surface area contributed by atoms with Gasteiger partial charge in [-0.3, -0.25) is 4.40 Å². The molecule has 62 valence electrons. The quantitative estimate of drug-likeness (QED) is 0.627. The van der Waals surface area contributed by atoms with E-state index >= 15 is 0 Å². The lowest BCUT2D eigenvalue weighted by Gasteiger charge is -1.98. The van der Waals surface area contributed by atoms with Crippen LogP contribution in [0.1, 0.15) is 11.4 Å². The molecule has 0 bridgehead atoms. The molecule has 2 aromatic heterocycles. The first-order valence-electron chi connectivity index (χ1n) is 3.75. The fourth-order valence-corrected chi connectivity index (χ4v) is 1.26. The zero-order valence-electron chi connectivity index (χ0n) is 7.07. The highest BCUT2D eigenvalue weighted by atomic mass is 15.1. The lowest BCUT2D eigenvalue weighted by atomic mass is 10.4. The highest BCUT2D eigenvalue weighted by Gasteiger charge is 2.01. The van der Waals surface area contributed by atoms with Crippen LogP contribution in [-0.2, 0) is 0 Å². The predicted molar refractivity (Wildman–Crippen MR) is 46.9 cm³/mol. The van der Waals surface area contributed by atoms with Crippen molar-refractivity contribution in [1.82, 2.24) is 14.4 Å². The van der Waals surface area contributed by atoms with E-state index in [0.717, 1.165) is 17.0 Å². The first-order valence-corrected chi connectivity index (χ1v) is 3.75. The number of imidazole rings is 1. The minimum absolute atomic E-state index is 0.491. The molecule has 0 aliphatic heterocycles. The zero-order chi connectivity index (χ0) is 8.72. The summed E-state index contributed by atoms with van der Waals surface area (Å²) in [6, 6.07) is 1.91. The van der Waals surface area contributed by atoms with Crippen LogP contribution in [0, 0.1) is 13.8 Å². The van der Waals surface area contributed by atoms with E-state index in [0.29, 0.717) is 5.95 Å². The third kappa shape index (κ3) is 0.922. The minimum Gasteiger partial charge on any atom is -0.369 e. The Hall–Kier alpha value is -1.58. The average molecular weight is 162 g/mol. The van der Waals surface area contributed by atoms with Gasteiger partial charge in [0, 0.05) is 18.0 Å². The van der Waals surface area contributed by atoms with Gasteiger partial charge in [0.05, 0.1) is 5.69 Å². The molecule has 2 rings (SSSR count). The van der Waals surface area contributed by atoms with Crippen molar-refractivity contribution in [2.24, 2.45) is 0 Å². The largest absolute Gasteiger partial charge is 0.369 e. The van der Waals surface area contributed by atoms with Crippen molar-refractivity contribution in [3.05, 3.63) is 23.7 Å². The Kier molecular flexibility index (Phi) is 1.30. The standard InChI is InChI=1S/C8H10N4/c1-5-3-7-10-6(2)4-12(7)8(9)11-5/h3-4H,1-2H3,(H2,9,11).